The van der Waals surface area contributed by atoms with Gasteiger partial charge in [0.15, 0.2) is 0 Å². The molecule has 1 aliphatic carbocycles. The van der Waals surface area contributed by atoms with Crippen molar-refractivity contribution in [2.45, 2.75) is 30.2 Å². The van der Waals surface area contributed by atoms with Crippen LogP contribution < -0.4 is 0 Å². The van der Waals surface area contributed by atoms with Crippen molar-refractivity contribution >= 4 is 26.2 Å². The van der Waals surface area contributed by atoms with Gasteiger partial charge in [0.1, 0.15) is 0 Å². The van der Waals surface area contributed by atoms with Gasteiger partial charge in [-0.3, -0.25) is 0 Å². The lowest BCUT2D eigenvalue weighted by Gasteiger charge is -2.31. The second-order valence-corrected chi connectivity index (χ2v) is 6.69. The van der Waals surface area contributed by atoms with Crippen molar-refractivity contribution in [2.75, 3.05) is 0 Å². The van der Waals surface area contributed by atoms with Crippen molar-refractivity contribution in [2.24, 2.45) is 0 Å². The van der Waals surface area contributed by atoms with E-state index in [1.165, 1.54) is 3.33 Å². The molecule has 1 aliphatic rings. The summed E-state index contributed by atoms with van der Waals surface area (Å²) in [5.41, 5.74) is 0. The maximum atomic E-state index is 12.0. The van der Waals surface area contributed by atoms with E-state index in [0.29, 0.717) is 4.90 Å². The van der Waals surface area contributed by atoms with Crippen molar-refractivity contribution < 1.29 is 8.42 Å². The Balaban J connectivity index is 2.26. The average molecular weight is 290 g/mol. The van der Waals surface area contributed by atoms with Crippen LogP contribution >= 0.6 is 16.1 Å². The highest BCUT2D eigenvalue weighted by Gasteiger charge is 2.33. The largest absolute Gasteiger partial charge is 0.252 e. The number of sulfonamides is 1. The van der Waals surface area contributed by atoms with Crippen LogP contribution in [-0.2, 0) is 10.0 Å². The fraction of sp³-hybridized carbons (Fsp3) is 0.400. The first kappa shape index (κ1) is 11.1. The van der Waals surface area contributed by atoms with Crippen molar-refractivity contribution in [3.8, 4) is 0 Å². The van der Waals surface area contributed by atoms with E-state index in [4.69, 9.17) is 0 Å². The molecule has 2 rings (SSSR count). The van der Waals surface area contributed by atoms with Crippen LogP contribution in [0.1, 0.15) is 19.3 Å². The number of benzene rings is 1. The van der Waals surface area contributed by atoms with Gasteiger partial charge in [-0.25, -0.2) is 8.42 Å². The quantitative estimate of drug-likeness (QED) is 0.802. The van der Waals surface area contributed by atoms with Crippen LogP contribution in [0.2, 0.25) is 0 Å². The average Bonchev–Trinajstić information content (AvgIpc) is 2.16. The summed E-state index contributed by atoms with van der Waals surface area (Å²) in [5.74, 6) is 0. The lowest BCUT2D eigenvalue weighted by atomic mass is 9.94. The number of hydrogen-bond acceptors (Lipinski definition) is 2. The second-order valence-electron chi connectivity index (χ2n) is 3.64. The topological polar surface area (TPSA) is 37.4 Å². The van der Waals surface area contributed by atoms with Gasteiger partial charge in [0, 0.05) is 22.2 Å². The summed E-state index contributed by atoms with van der Waals surface area (Å²) in [4.78, 5) is 0.341. The Kier molecular flexibility index (Phi) is 3.13. The molecule has 1 fully saturated rings. The standard InChI is InChI=1S/C10H12BrNO2S/c11-12(9-5-4-6-9)15(13,14)10-7-2-1-3-8-10/h1-3,7-9H,4-6H2. The first-order valence-electron chi connectivity index (χ1n) is 4.87. The number of rotatable bonds is 3. The Bertz CT molecular complexity index is 428. The van der Waals surface area contributed by atoms with Gasteiger partial charge in [-0.05, 0) is 25.0 Å². The van der Waals surface area contributed by atoms with E-state index >= 15 is 0 Å². The molecule has 0 amide bonds. The zero-order chi connectivity index (χ0) is 10.9. The van der Waals surface area contributed by atoms with Crippen LogP contribution in [0, 0.1) is 0 Å². The first-order chi connectivity index (χ1) is 7.12. The zero-order valence-electron chi connectivity index (χ0n) is 8.14. The predicted octanol–water partition coefficient (Wildman–Crippen LogP) is 2.54. The number of halogens is 1. The smallest absolute Gasteiger partial charge is 0.206 e. The van der Waals surface area contributed by atoms with Crippen molar-refractivity contribution in [1.82, 2.24) is 3.33 Å². The minimum atomic E-state index is -3.35. The SMILES string of the molecule is O=S(=O)(c1ccccc1)N(Br)C1CCC1. The maximum absolute atomic E-state index is 12.0. The third-order valence-electron chi connectivity index (χ3n) is 2.63. The molecule has 0 heterocycles. The molecule has 0 aliphatic heterocycles. The molecule has 82 valence electrons. The summed E-state index contributed by atoms with van der Waals surface area (Å²) in [6.45, 7) is 0. The van der Waals surface area contributed by atoms with Gasteiger partial charge >= 0.3 is 0 Å². The zero-order valence-corrected chi connectivity index (χ0v) is 10.5. The lowest BCUT2D eigenvalue weighted by Crippen LogP contribution is -2.37. The molecule has 0 atom stereocenters. The molecule has 1 aromatic carbocycles. The van der Waals surface area contributed by atoms with E-state index in [-0.39, 0.29) is 6.04 Å². The first-order valence-corrected chi connectivity index (χ1v) is 7.02. The van der Waals surface area contributed by atoms with Gasteiger partial charge in [-0.2, -0.15) is 0 Å². The summed E-state index contributed by atoms with van der Waals surface area (Å²) >= 11 is 3.16. The summed E-state index contributed by atoms with van der Waals surface area (Å²) in [6, 6.07) is 8.62. The number of hydrogen-bond donors (Lipinski definition) is 0. The molecular weight excluding hydrogens is 278 g/mol. The predicted molar refractivity (Wildman–Crippen MR) is 62.0 cm³/mol. The summed E-state index contributed by atoms with van der Waals surface area (Å²) < 4.78 is 25.4. The monoisotopic (exact) mass is 289 g/mol. The van der Waals surface area contributed by atoms with Crippen molar-refractivity contribution in [3.63, 3.8) is 0 Å². The molecule has 1 saturated carbocycles. The van der Waals surface area contributed by atoms with E-state index in [9.17, 15) is 8.42 Å². The van der Waals surface area contributed by atoms with Crippen LogP contribution in [0.25, 0.3) is 0 Å². The van der Waals surface area contributed by atoms with Crippen LogP contribution in [0.15, 0.2) is 35.2 Å². The minimum absolute atomic E-state index is 0.121. The Labute approximate surface area is 98.5 Å². The molecule has 0 saturated heterocycles. The third-order valence-corrected chi connectivity index (χ3v) is 5.98. The van der Waals surface area contributed by atoms with Gasteiger partial charge in [-0.1, -0.05) is 24.6 Å². The highest BCUT2D eigenvalue weighted by Crippen LogP contribution is 2.32. The Hall–Kier alpha value is -0.390. The molecule has 0 radical (unpaired) electrons. The molecular formula is C10H12BrNO2S. The summed E-state index contributed by atoms with van der Waals surface area (Å²) in [5, 5.41) is 0. The van der Waals surface area contributed by atoms with E-state index in [1.807, 2.05) is 0 Å². The van der Waals surface area contributed by atoms with Crippen molar-refractivity contribution in [1.29, 1.82) is 0 Å². The summed E-state index contributed by atoms with van der Waals surface area (Å²) in [7, 11) is -3.35. The van der Waals surface area contributed by atoms with Gasteiger partial charge in [0.25, 0.3) is 10.0 Å². The van der Waals surface area contributed by atoms with Crippen LogP contribution in [0.4, 0.5) is 0 Å². The Morgan fingerprint density at radius 3 is 2.27 bits per heavy atom. The minimum Gasteiger partial charge on any atom is -0.206 e. The van der Waals surface area contributed by atoms with Gasteiger partial charge in [0.2, 0.25) is 0 Å². The van der Waals surface area contributed by atoms with Gasteiger partial charge in [0.05, 0.1) is 4.90 Å². The van der Waals surface area contributed by atoms with Crippen molar-refractivity contribution in [3.05, 3.63) is 30.3 Å². The molecule has 5 heteroatoms. The van der Waals surface area contributed by atoms with E-state index < -0.39 is 10.0 Å². The number of nitrogens with zero attached hydrogens (tertiary/aromatic N) is 1. The van der Waals surface area contributed by atoms with Crippen LogP contribution in [0.5, 0.6) is 0 Å². The highest BCUT2D eigenvalue weighted by atomic mass is 79.9. The molecule has 0 bridgehead atoms. The molecule has 3 nitrogen and oxygen atoms in total. The molecule has 1 aromatic rings. The Morgan fingerprint density at radius 2 is 1.80 bits per heavy atom. The fourth-order valence-corrected chi connectivity index (χ4v) is 3.70. The van der Waals surface area contributed by atoms with E-state index in [2.05, 4.69) is 16.1 Å². The molecule has 0 unspecified atom stereocenters. The van der Waals surface area contributed by atoms with Crippen LogP contribution in [-0.4, -0.2) is 17.8 Å². The molecule has 15 heavy (non-hydrogen) atoms. The second kappa shape index (κ2) is 4.23. The third kappa shape index (κ3) is 2.09. The highest BCUT2D eigenvalue weighted by molar-refractivity contribution is 9.08. The van der Waals surface area contributed by atoms with Gasteiger partial charge in [-0.15, -0.1) is 3.33 Å². The lowest BCUT2D eigenvalue weighted by molar-refractivity contribution is 0.316. The fourth-order valence-electron chi connectivity index (χ4n) is 1.48. The van der Waals surface area contributed by atoms with E-state index in [0.717, 1.165) is 19.3 Å². The molecule has 0 spiro atoms. The van der Waals surface area contributed by atoms with Crippen LogP contribution in [0.3, 0.4) is 0 Å². The van der Waals surface area contributed by atoms with E-state index in [1.54, 1.807) is 30.3 Å². The molecule has 0 aromatic heterocycles. The molecule has 0 N–H and O–H groups in total. The summed E-state index contributed by atoms with van der Waals surface area (Å²) in [6.07, 6.45) is 2.99. The maximum Gasteiger partial charge on any atom is 0.252 e. The Morgan fingerprint density at radius 1 is 1.20 bits per heavy atom. The normalized spacial score (nSPS) is 17.7. The van der Waals surface area contributed by atoms with Gasteiger partial charge < -0.3 is 0 Å².